The second-order valence-electron chi connectivity index (χ2n) is 6.01. The Labute approximate surface area is 164 Å². The Balaban J connectivity index is 0. The molecule has 5 nitrogen and oxygen atoms in total. The Hall–Kier alpha value is -1.40. The van der Waals surface area contributed by atoms with E-state index < -0.39 is 0 Å². The minimum absolute atomic E-state index is 0.191. The average Bonchev–Trinajstić information content (AvgIpc) is 2.99. The molecule has 0 aliphatic carbocycles. The van der Waals surface area contributed by atoms with Crippen LogP contribution in [0, 0.1) is 5.92 Å². The lowest BCUT2D eigenvalue weighted by molar-refractivity contribution is 0.318. The number of aromatic nitrogens is 1. The molecule has 0 aromatic carbocycles. The molecule has 0 saturated heterocycles. The summed E-state index contributed by atoms with van der Waals surface area (Å²) in [6.07, 6.45) is 4.57. The van der Waals surface area contributed by atoms with E-state index in [9.17, 15) is 0 Å². The van der Waals surface area contributed by atoms with E-state index in [0.717, 1.165) is 42.3 Å². The summed E-state index contributed by atoms with van der Waals surface area (Å²) >= 11 is 1.63. The highest BCUT2D eigenvalue weighted by atomic mass is 32.1. The highest BCUT2D eigenvalue weighted by molar-refractivity contribution is 7.15. The van der Waals surface area contributed by atoms with Crippen LogP contribution in [0.4, 0.5) is 5.13 Å². The fourth-order valence-corrected chi connectivity index (χ4v) is 3.16. The van der Waals surface area contributed by atoms with Gasteiger partial charge in [-0.2, -0.15) is 0 Å². The van der Waals surface area contributed by atoms with Crippen LogP contribution in [0.15, 0.2) is 17.3 Å². The van der Waals surface area contributed by atoms with Gasteiger partial charge in [0.25, 0.3) is 0 Å². The van der Waals surface area contributed by atoms with Crippen LogP contribution in [0.1, 0.15) is 77.8 Å². The molecule has 1 rings (SSSR count). The van der Waals surface area contributed by atoms with E-state index in [0.29, 0.717) is 5.92 Å². The zero-order chi connectivity index (χ0) is 20.5. The molecule has 0 fully saturated rings. The maximum atomic E-state index is 7.57. The van der Waals surface area contributed by atoms with E-state index in [1.165, 1.54) is 11.2 Å². The van der Waals surface area contributed by atoms with Crippen molar-refractivity contribution in [3.63, 3.8) is 0 Å². The predicted molar refractivity (Wildman–Crippen MR) is 118 cm³/mol. The number of aliphatic hydroxyl groups excluding tert-OH is 1. The first-order valence-electron chi connectivity index (χ1n) is 9.68. The minimum Gasteiger partial charge on any atom is -0.397 e. The number of aliphatic hydroxyl groups is 1. The summed E-state index contributed by atoms with van der Waals surface area (Å²) in [6.45, 7) is 19.8. The van der Waals surface area contributed by atoms with Crippen molar-refractivity contribution in [1.29, 1.82) is 0 Å². The van der Waals surface area contributed by atoms with Crippen molar-refractivity contribution in [2.45, 2.75) is 73.6 Å². The first kappa shape index (κ1) is 26.8. The second-order valence-corrected chi connectivity index (χ2v) is 7.07. The van der Waals surface area contributed by atoms with Crippen LogP contribution < -0.4 is 11.1 Å². The molecule has 4 N–H and O–H groups in total. The SMILES string of the molecule is C=C(NCCC(C)C)C(C)c1nc(/N=C/N)sc1CCC.CC.CCO. The van der Waals surface area contributed by atoms with Crippen molar-refractivity contribution in [3.05, 3.63) is 22.8 Å². The van der Waals surface area contributed by atoms with Gasteiger partial charge in [0, 0.05) is 29.6 Å². The summed E-state index contributed by atoms with van der Waals surface area (Å²) in [7, 11) is 0. The monoisotopic (exact) mass is 384 g/mol. The Bertz CT molecular complexity index is 498. The third kappa shape index (κ3) is 11.3. The Morgan fingerprint density at radius 2 is 1.92 bits per heavy atom. The number of thiazole rings is 1. The highest BCUT2D eigenvalue weighted by Gasteiger charge is 2.18. The molecule has 0 bridgehead atoms. The second kappa shape index (κ2) is 17.0. The molecular formula is C20H40N4OS. The van der Waals surface area contributed by atoms with Gasteiger partial charge in [-0.25, -0.2) is 9.98 Å². The molecule has 1 atom stereocenters. The van der Waals surface area contributed by atoms with Crippen molar-refractivity contribution in [3.8, 4) is 0 Å². The van der Waals surface area contributed by atoms with E-state index in [4.69, 9.17) is 10.8 Å². The van der Waals surface area contributed by atoms with Crippen molar-refractivity contribution in [2.75, 3.05) is 13.2 Å². The van der Waals surface area contributed by atoms with E-state index in [1.54, 1.807) is 18.3 Å². The lowest BCUT2D eigenvalue weighted by Gasteiger charge is -2.17. The van der Waals surface area contributed by atoms with E-state index >= 15 is 0 Å². The van der Waals surface area contributed by atoms with Crippen LogP contribution in [-0.2, 0) is 6.42 Å². The molecule has 1 heterocycles. The van der Waals surface area contributed by atoms with Gasteiger partial charge in [0.05, 0.1) is 12.0 Å². The topological polar surface area (TPSA) is 83.5 Å². The smallest absolute Gasteiger partial charge is 0.210 e. The molecule has 0 amide bonds. The summed E-state index contributed by atoms with van der Waals surface area (Å²) in [5.41, 5.74) is 7.49. The first-order chi connectivity index (χ1) is 12.4. The van der Waals surface area contributed by atoms with Crippen molar-refractivity contribution < 1.29 is 5.11 Å². The molecule has 152 valence electrons. The van der Waals surface area contributed by atoms with Gasteiger partial charge in [0.15, 0.2) is 0 Å². The van der Waals surface area contributed by atoms with Gasteiger partial charge in [0.1, 0.15) is 0 Å². The van der Waals surface area contributed by atoms with Gasteiger partial charge in [-0.05, 0) is 25.7 Å². The molecule has 0 aliphatic heterocycles. The Morgan fingerprint density at radius 3 is 2.38 bits per heavy atom. The quantitative estimate of drug-likeness (QED) is 0.413. The van der Waals surface area contributed by atoms with E-state index in [1.807, 2.05) is 13.8 Å². The molecule has 0 saturated carbocycles. The van der Waals surface area contributed by atoms with E-state index in [-0.39, 0.29) is 12.5 Å². The normalized spacial score (nSPS) is 11.4. The lowest BCUT2D eigenvalue weighted by Crippen LogP contribution is -2.20. The van der Waals surface area contributed by atoms with Gasteiger partial charge in [0.2, 0.25) is 5.13 Å². The van der Waals surface area contributed by atoms with Crippen molar-refractivity contribution in [1.82, 2.24) is 10.3 Å². The summed E-state index contributed by atoms with van der Waals surface area (Å²) in [5, 5.41) is 11.7. The molecule has 1 unspecified atom stereocenters. The molecule has 6 heteroatoms. The highest BCUT2D eigenvalue weighted by Crippen LogP contribution is 2.33. The third-order valence-corrected chi connectivity index (χ3v) is 4.42. The summed E-state index contributed by atoms with van der Waals surface area (Å²) in [4.78, 5) is 10.0. The number of allylic oxidation sites excluding steroid dienone is 1. The third-order valence-electron chi connectivity index (χ3n) is 3.38. The van der Waals surface area contributed by atoms with Gasteiger partial charge in [-0.15, -0.1) is 0 Å². The number of nitrogens with one attached hydrogen (secondary N) is 1. The van der Waals surface area contributed by atoms with Crippen molar-refractivity contribution in [2.24, 2.45) is 16.6 Å². The number of nitrogens with zero attached hydrogens (tertiary/aromatic N) is 2. The largest absolute Gasteiger partial charge is 0.397 e. The standard InChI is InChI=1S/C16H28N4S.C2H6O.C2H6/c1-6-7-14-15(20-16(21-14)19-10-17)12(4)13(5)18-9-8-11(2)3;1-2-3;1-2/h10-12,18H,5-9H2,1-4H3,(H2,17,19,20);3H,2H2,1H3;1-2H3. The zero-order valence-electron chi connectivity index (χ0n) is 17.8. The summed E-state index contributed by atoms with van der Waals surface area (Å²) in [6, 6.07) is 0. The van der Waals surface area contributed by atoms with E-state index in [2.05, 4.69) is 49.6 Å². The molecule has 1 aromatic rings. The summed E-state index contributed by atoms with van der Waals surface area (Å²) < 4.78 is 0. The average molecular weight is 385 g/mol. The Kier molecular flexibility index (Phi) is 17.6. The molecule has 1 aromatic heterocycles. The van der Waals surface area contributed by atoms with Crippen LogP contribution in [-0.4, -0.2) is 29.6 Å². The fraction of sp³-hybridized carbons (Fsp3) is 0.700. The number of nitrogens with two attached hydrogens (primary N) is 1. The number of hydrogen-bond acceptors (Lipinski definition) is 5. The van der Waals surface area contributed by atoms with Gasteiger partial charge in [-0.1, -0.05) is 65.9 Å². The van der Waals surface area contributed by atoms with Crippen LogP contribution >= 0.6 is 11.3 Å². The predicted octanol–water partition coefficient (Wildman–Crippen LogP) is 4.99. The molecule has 0 radical (unpaired) electrons. The van der Waals surface area contributed by atoms with Gasteiger partial charge < -0.3 is 16.2 Å². The summed E-state index contributed by atoms with van der Waals surface area (Å²) in [5.74, 6) is 0.887. The zero-order valence-corrected chi connectivity index (χ0v) is 18.6. The van der Waals surface area contributed by atoms with Crippen LogP contribution in [0.25, 0.3) is 0 Å². The van der Waals surface area contributed by atoms with Gasteiger partial charge in [-0.3, -0.25) is 0 Å². The molecule has 0 spiro atoms. The molecule has 0 aliphatic rings. The number of aryl methyl sites for hydroxylation is 1. The number of aliphatic imine (C=N–C) groups is 1. The molecule has 26 heavy (non-hydrogen) atoms. The van der Waals surface area contributed by atoms with Gasteiger partial charge >= 0.3 is 0 Å². The maximum Gasteiger partial charge on any atom is 0.210 e. The number of hydrogen-bond donors (Lipinski definition) is 3. The molecular weight excluding hydrogens is 344 g/mol. The van der Waals surface area contributed by atoms with Crippen LogP contribution in [0.3, 0.4) is 0 Å². The maximum absolute atomic E-state index is 7.57. The minimum atomic E-state index is 0.191. The van der Waals surface area contributed by atoms with Crippen molar-refractivity contribution >= 4 is 22.8 Å². The first-order valence-corrected chi connectivity index (χ1v) is 10.5. The van der Waals surface area contributed by atoms with Crippen LogP contribution in [0.5, 0.6) is 0 Å². The fourth-order valence-electron chi connectivity index (χ4n) is 2.05. The number of rotatable bonds is 9. The Morgan fingerprint density at radius 1 is 1.35 bits per heavy atom. The lowest BCUT2D eigenvalue weighted by atomic mass is 10.0. The van der Waals surface area contributed by atoms with Crippen LogP contribution in [0.2, 0.25) is 0 Å².